The van der Waals surface area contributed by atoms with Gasteiger partial charge in [-0.15, -0.1) is 0 Å². The van der Waals surface area contributed by atoms with Gasteiger partial charge in [0.25, 0.3) is 0 Å². The highest BCUT2D eigenvalue weighted by atomic mass is 32.2. The first-order chi connectivity index (χ1) is 9.40. The SMILES string of the molecule is CCN(C)C(=O)CNS(=O)(=O)c1ccc(CCN)cc1. The van der Waals surface area contributed by atoms with Crippen LogP contribution >= 0.6 is 0 Å². The summed E-state index contributed by atoms with van der Waals surface area (Å²) in [5, 5.41) is 0. The van der Waals surface area contributed by atoms with Gasteiger partial charge in [-0.1, -0.05) is 12.1 Å². The number of rotatable bonds is 7. The van der Waals surface area contributed by atoms with Crippen molar-refractivity contribution in [1.29, 1.82) is 0 Å². The molecule has 1 rings (SSSR count). The van der Waals surface area contributed by atoms with Gasteiger partial charge in [0.1, 0.15) is 0 Å². The van der Waals surface area contributed by atoms with Crippen LogP contribution in [-0.2, 0) is 21.2 Å². The maximum atomic E-state index is 12.0. The van der Waals surface area contributed by atoms with Gasteiger partial charge in [0.05, 0.1) is 11.4 Å². The number of benzene rings is 1. The molecule has 1 amide bonds. The molecule has 1 aromatic rings. The summed E-state index contributed by atoms with van der Waals surface area (Å²) in [5.74, 6) is -0.268. The van der Waals surface area contributed by atoms with Gasteiger partial charge in [-0.3, -0.25) is 4.79 Å². The Labute approximate surface area is 120 Å². The maximum absolute atomic E-state index is 12.0. The molecule has 0 aliphatic carbocycles. The van der Waals surface area contributed by atoms with Gasteiger partial charge in [-0.25, -0.2) is 13.1 Å². The van der Waals surface area contributed by atoms with Crippen LogP contribution in [0.1, 0.15) is 12.5 Å². The largest absolute Gasteiger partial charge is 0.345 e. The fourth-order valence-corrected chi connectivity index (χ4v) is 2.53. The molecule has 0 spiro atoms. The van der Waals surface area contributed by atoms with Crippen LogP contribution in [0.25, 0.3) is 0 Å². The lowest BCUT2D eigenvalue weighted by molar-refractivity contribution is -0.128. The van der Waals surface area contributed by atoms with Crippen molar-refractivity contribution in [1.82, 2.24) is 9.62 Å². The van der Waals surface area contributed by atoms with E-state index in [9.17, 15) is 13.2 Å². The van der Waals surface area contributed by atoms with Crippen molar-refractivity contribution in [2.24, 2.45) is 5.73 Å². The summed E-state index contributed by atoms with van der Waals surface area (Å²) >= 11 is 0. The minimum atomic E-state index is -3.66. The van der Waals surface area contributed by atoms with Crippen molar-refractivity contribution >= 4 is 15.9 Å². The zero-order valence-corrected chi connectivity index (χ0v) is 12.6. The number of carbonyl (C=O) groups excluding carboxylic acids is 1. The maximum Gasteiger partial charge on any atom is 0.241 e. The summed E-state index contributed by atoms with van der Waals surface area (Å²) in [4.78, 5) is 13.2. The molecule has 112 valence electrons. The standard InChI is InChI=1S/C13H21N3O3S/c1-3-16(2)13(17)10-15-20(18,19)12-6-4-11(5-7-12)8-9-14/h4-7,15H,3,8-10,14H2,1-2H3. The highest BCUT2D eigenvalue weighted by molar-refractivity contribution is 7.89. The quantitative estimate of drug-likeness (QED) is 0.738. The van der Waals surface area contributed by atoms with Gasteiger partial charge in [-0.2, -0.15) is 0 Å². The van der Waals surface area contributed by atoms with E-state index in [1.54, 1.807) is 19.2 Å². The van der Waals surface area contributed by atoms with Gasteiger partial charge in [0.2, 0.25) is 15.9 Å². The fourth-order valence-electron chi connectivity index (χ4n) is 1.55. The molecule has 20 heavy (non-hydrogen) atoms. The predicted octanol–water partition coefficient (Wildman–Crippen LogP) is -0.0556. The van der Waals surface area contributed by atoms with Crippen molar-refractivity contribution in [3.8, 4) is 0 Å². The molecule has 0 fully saturated rings. The Morgan fingerprint density at radius 2 is 1.90 bits per heavy atom. The molecule has 0 aliphatic rings. The molecule has 0 saturated heterocycles. The number of sulfonamides is 1. The van der Waals surface area contributed by atoms with E-state index in [1.807, 2.05) is 6.92 Å². The Balaban J connectivity index is 2.71. The van der Waals surface area contributed by atoms with Crippen molar-refractivity contribution in [2.75, 3.05) is 26.7 Å². The zero-order chi connectivity index (χ0) is 15.2. The molecule has 0 atom stereocenters. The molecular weight excluding hydrogens is 278 g/mol. The molecule has 0 aromatic heterocycles. The second-order valence-electron chi connectivity index (χ2n) is 4.42. The van der Waals surface area contributed by atoms with Crippen molar-refractivity contribution in [3.05, 3.63) is 29.8 Å². The molecular formula is C13H21N3O3S. The topological polar surface area (TPSA) is 92.5 Å². The van der Waals surface area contributed by atoms with Crippen LogP contribution in [0.2, 0.25) is 0 Å². The summed E-state index contributed by atoms with van der Waals surface area (Å²) in [7, 11) is -2.03. The number of carbonyl (C=O) groups is 1. The van der Waals surface area contributed by atoms with E-state index in [-0.39, 0.29) is 17.3 Å². The average Bonchev–Trinajstić information content (AvgIpc) is 2.45. The van der Waals surface area contributed by atoms with Crippen molar-refractivity contribution in [2.45, 2.75) is 18.2 Å². The average molecular weight is 299 g/mol. The van der Waals surface area contributed by atoms with Crippen molar-refractivity contribution in [3.63, 3.8) is 0 Å². The summed E-state index contributed by atoms with van der Waals surface area (Å²) < 4.78 is 26.3. The van der Waals surface area contributed by atoms with Gasteiger partial charge in [-0.05, 0) is 37.6 Å². The van der Waals surface area contributed by atoms with E-state index in [1.165, 1.54) is 17.0 Å². The molecule has 0 heterocycles. The number of amides is 1. The minimum Gasteiger partial charge on any atom is -0.345 e. The number of nitrogens with zero attached hydrogens (tertiary/aromatic N) is 1. The summed E-state index contributed by atoms with van der Waals surface area (Å²) in [6, 6.07) is 6.48. The van der Waals surface area contributed by atoms with Crippen LogP contribution in [0, 0.1) is 0 Å². The van der Waals surface area contributed by atoms with Gasteiger partial charge in [0.15, 0.2) is 0 Å². The first-order valence-electron chi connectivity index (χ1n) is 6.43. The van der Waals surface area contributed by atoms with E-state index >= 15 is 0 Å². The lowest BCUT2D eigenvalue weighted by Crippen LogP contribution is -2.37. The number of hydrogen-bond donors (Lipinski definition) is 2. The number of likely N-dealkylation sites (N-methyl/N-ethyl adjacent to an activating group) is 1. The van der Waals surface area contributed by atoms with Crippen LogP contribution in [-0.4, -0.2) is 45.9 Å². The third-order valence-corrected chi connectivity index (χ3v) is 4.40. The van der Waals surface area contributed by atoms with E-state index in [0.29, 0.717) is 19.5 Å². The lowest BCUT2D eigenvalue weighted by atomic mass is 10.2. The van der Waals surface area contributed by atoms with E-state index in [0.717, 1.165) is 5.56 Å². The molecule has 6 nitrogen and oxygen atoms in total. The lowest BCUT2D eigenvalue weighted by Gasteiger charge is -2.14. The van der Waals surface area contributed by atoms with E-state index < -0.39 is 10.0 Å². The van der Waals surface area contributed by atoms with Crippen molar-refractivity contribution < 1.29 is 13.2 Å². The third-order valence-electron chi connectivity index (χ3n) is 2.98. The molecule has 0 saturated carbocycles. The fraction of sp³-hybridized carbons (Fsp3) is 0.462. The molecule has 7 heteroatoms. The van der Waals surface area contributed by atoms with Crippen LogP contribution in [0.4, 0.5) is 0 Å². The summed E-state index contributed by atoms with van der Waals surface area (Å²) in [6.45, 7) is 2.64. The molecule has 0 radical (unpaired) electrons. The number of hydrogen-bond acceptors (Lipinski definition) is 4. The first kappa shape index (κ1) is 16.6. The van der Waals surface area contributed by atoms with Gasteiger partial charge < -0.3 is 10.6 Å². The van der Waals surface area contributed by atoms with Crippen LogP contribution < -0.4 is 10.5 Å². The predicted molar refractivity (Wildman–Crippen MR) is 77.7 cm³/mol. The normalized spacial score (nSPS) is 11.3. The first-order valence-corrected chi connectivity index (χ1v) is 7.91. The summed E-state index contributed by atoms with van der Waals surface area (Å²) in [5.41, 5.74) is 6.41. The van der Waals surface area contributed by atoms with Crippen LogP contribution in [0.3, 0.4) is 0 Å². The molecule has 0 aliphatic heterocycles. The number of nitrogens with one attached hydrogen (secondary N) is 1. The number of nitrogens with two attached hydrogens (primary N) is 1. The molecule has 0 unspecified atom stereocenters. The van der Waals surface area contributed by atoms with Gasteiger partial charge in [0, 0.05) is 13.6 Å². The second-order valence-corrected chi connectivity index (χ2v) is 6.18. The Morgan fingerprint density at radius 3 is 2.40 bits per heavy atom. The molecule has 0 bridgehead atoms. The monoisotopic (exact) mass is 299 g/mol. The Kier molecular flexibility index (Phi) is 6.12. The smallest absolute Gasteiger partial charge is 0.241 e. The van der Waals surface area contributed by atoms with E-state index in [4.69, 9.17) is 5.73 Å². The third kappa shape index (κ3) is 4.59. The van der Waals surface area contributed by atoms with Gasteiger partial charge >= 0.3 is 0 Å². The van der Waals surface area contributed by atoms with E-state index in [2.05, 4.69) is 4.72 Å². The minimum absolute atomic E-state index is 0.144. The van der Waals surface area contributed by atoms with Crippen LogP contribution in [0.15, 0.2) is 29.2 Å². The Bertz CT molecular complexity index is 540. The second kappa shape index (κ2) is 7.37. The molecule has 3 N–H and O–H groups in total. The Morgan fingerprint density at radius 1 is 1.30 bits per heavy atom. The highest BCUT2D eigenvalue weighted by Crippen LogP contribution is 2.10. The van der Waals surface area contributed by atoms with Crippen LogP contribution in [0.5, 0.6) is 0 Å². The molecule has 1 aromatic carbocycles. The Hall–Kier alpha value is -1.44. The zero-order valence-electron chi connectivity index (χ0n) is 11.8. The highest BCUT2D eigenvalue weighted by Gasteiger charge is 2.16. The summed E-state index contributed by atoms with van der Waals surface area (Å²) in [6.07, 6.45) is 0.702.